The Bertz CT molecular complexity index is 753. The number of rotatable bonds is 10. The summed E-state index contributed by atoms with van der Waals surface area (Å²) in [6, 6.07) is -0.557. The second kappa shape index (κ2) is 11.1. The molecule has 1 aromatic rings. The van der Waals surface area contributed by atoms with E-state index in [1.165, 1.54) is 28.5 Å². The van der Waals surface area contributed by atoms with Gasteiger partial charge in [-0.2, -0.15) is 0 Å². The average Bonchev–Trinajstić information content (AvgIpc) is 3.35. The van der Waals surface area contributed by atoms with E-state index >= 15 is 0 Å². The molecule has 0 aliphatic carbocycles. The molecule has 9 nitrogen and oxygen atoms in total. The van der Waals surface area contributed by atoms with Gasteiger partial charge in [-0.1, -0.05) is 11.8 Å². The van der Waals surface area contributed by atoms with Gasteiger partial charge in [-0.05, 0) is 39.3 Å². The van der Waals surface area contributed by atoms with Crippen LogP contribution in [-0.2, 0) is 14.3 Å². The Morgan fingerprint density at radius 3 is 2.87 bits per heavy atom. The van der Waals surface area contributed by atoms with Crippen LogP contribution in [0.25, 0.3) is 0 Å². The topological polar surface area (TPSA) is 121 Å². The first-order valence-corrected chi connectivity index (χ1v) is 12.1. The summed E-state index contributed by atoms with van der Waals surface area (Å²) < 4.78 is 5.97. The number of esters is 1. The minimum atomic E-state index is -1.05. The number of nitrogens with zero attached hydrogens (tertiary/aromatic N) is 2. The van der Waals surface area contributed by atoms with E-state index in [0.29, 0.717) is 36.1 Å². The highest BCUT2D eigenvalue weighted by molar-refractivity contribution is 8.01. The Balaban J connectivity index is 1.62. The van der Waals surface area contributed by atoms with Crippen molar-refractivity contribution >= 4 is 40.9 Å². The second-order valence-corrected chi connectivity index (χ2v) is 9.47. The van der Waals surface area contributed by atoms with Gasteiger partial charge in [0.25, 0.3) is 0 Å². The highest BCUT2D eigenvalue weighted by Crippen LogP contribution is 2.27. The third kappa shape index (κ3) is 5.93. The number of thioether (sulfide) groups is 1. The number of likely N-dealkylation sites (tertiary alicyclic amines) is 1. The number of aromatic carboxylic acids is 1. The standard InChI is InChI=1S/C19H28N4O5S2/c1-2-28-18(27)16(21-12-5-7-20-8-6-12)14-3-4-15(24)23(14)9-10-29-19-22-13(11-30-19)17(25)26/h11-12,14,16,20-21H,2-10H2,1H3,(H,25,26)/t14-,16?/m1/s1. The number of hydrogen-bond donors (Lipinski definition) is 3. The summed E-state index contributed by atoms with van der Waals surface area (Å²) in [5.41, 5.74) is 0.0335. The Morgan fingerprint density at radius 2 is 2.20 bits per heavy atom. The Labute approximate surface area is 183 Å². The first-order valence-electron chi connectivity index (χ1n) is 10.2. The van der Waals surface area contributed by atoms with Crippen molar-refractivity contribution in [3.05, 3.63) is 11.1 Å². The van der Waals surface area contributed by atoms with Crippen LogP contribution in [0.3, 0.4) is 0 Å². The van der Waals surface area contributed by atoms with Gasteiger partial charge in [-0.3, -0.25) is 14.9 Å². The van der Waals surface area contributed by atoms with Gasteiger partial charge in [0, 0.05) is 30.1 Å². The van der Waals surface area contributed by atoms with Gasteiger partial charge in [0.2, 0.25) is 5.91 Å². The van der Waals surface area contributed by atoms with Crippen LogP contribution < -0.4 is 10.6 Å². The Morgan fingerprint density at radius 1 is 1.43 bits per heavy atom. The molecule has 3 heterocycles. The van der Waals surface area contributed by atoms with Crippen molar-refractivity contribution in [3.63, 3.8) is 0 Å². The number of thiazole rings is 1. The largest absolute Gasteiger partial charge is 0.476 e. The van der Waals surface area contributed by atoms with Crippen molar-refractivity contribution in [2.75, 3.05) is 32.0 Å². The molecular weight excluding hydrogens is 428 g/mol. The number of carbonyl (C=O) groups excluding carboxylic acids is 2. The fourth-order valence-corrected chi connectivity index (χ4v) is 5.67. The first kappa shape index (κ1) is 23.0. The predicted octanol–water partition coefficient (Wildman–Crippen LogP) is 1.20. The Kier molecular flexibility index (Phi) is 8.49. The molecule has 2 aliphatic rings. The number of carboxylic acids is 1. The second-order valence-electron chi connectivity index (χ2n) is 7.27. The quantitative estimate of drug-likeness (QED) is 0.352. The molecule has 2 atom stereocenters. The molecule has 0 spiro atoms. The zero-order valence-electron chi connectivity index (χ0n) is 17.0. The van der Waals surface area contributed by atoms with E-state index in [1.807, 2.05) is 0 Å². The predicted molar refractivity (Wildman–Crippen MR) is 114 cm³/mol. The third-order valence-corrected chi connectivity index (χ3v) is 7.32. The normalized spacial score (nSPS) is 21.0. The van der Waals surface area contributed by atoms with Gasteiger partial charge in [-0.15, -0.1) is 11.3 Å². The summed E-state index contributed by atoms with van der Waals surface area (Å²) in [5.74, 6) is -0.738. The van der Waals surface area contributed by atoms with E-state index in [-0.39, 0.29) is 29.7 Å². The minimum Gasteiger partial charge on any atom is -0.476 e. The summed E-state index contributed by atoms with van der Waals surface area (Å²) in [4.78, 5) is 42.0. The average molecular weight is 457 g/mol. The van der Waals surface area contributed by atoms with E-state index in [0.717, 1.165) is 25.9 Å². The van der Waals surface area contributed by atoms with E-state index in [4.69, 9.17) is 9.84 Å². The summed E-state index contributed by atoms with van der Waals surface area (Å²) >= 11 is 2.70. The maximum atomic E-state index is 12.7. The van der Waals surface area contributed by atoms with Crippen molar-refractivity contribution < 1.29 is 24.2 Å². The molecule has 1 unspecified atom stereocenters. The molecule has 2 aliphatic heterocycles. The number of aromatic nitrogens is 1. The van der Waals surface area contributed by atoms with Crippen molar-refractivity contribution in [1.82, 2.24) is 20.5 Å². The van der Waals surface area contributed by atoms with Crippen molar-refractivity contribution in [3.8, 4) is 0 Å². The molecule has 1 amide bonds. The molecule has 2 fully saturated rings. The summed E-state index contributed by atoms with van der Waals surface area (Å²) in [5, 5.41) is 17.3. The van der Waals surface area contributed by atoms with E-state index in [2.05, 4.69) is 15.6 Å². The first-order chi connectivity index (χ1) is 14.5. The summed E-state index contributed by atoms with van der Waals surface area (Å²) in [6.45, 7) is 4.37. The molecule has 3 rings (SSSR count). The molecule has 0 aromatic carbocycles. The molecule has 166 valence electrons. The van der Waals surface area contributed by atoms with Crippen LogP contribution >= 0.6 is 23.1 Å². The van der Waals surface area contributed by atoms with Gasteiger partial charge < -0.3 is 20.1 Å². The number of ether oxygens (including phenoxy) is 1. The highest BCUT2D eigenvalue weighted by atomic mass is 32.2. The molecule has 30 heavy (non-hydrogen) atoms. The lowest BCUT2D eigenvalue weighted by atomic mass is 10.0. The van der Waals surface area contributed by atoms with E-state index in [9.17, 15) is 14.4 Å². The molecule has 3 N–H and O–H groups in total. The van der Waals surface area contributed by atoms with Crippen LogP contribution in [0.5, 0.6) is 0 Å². The van der Waals surface area contributed by atoms with Gasteiger partial charge in [0.05, 0.1) is 12.6 Å². The van der Waals surface area contributed by atoms with Crippen LogP contribution in [-0.4, -0.2) is 83.0 Å². The molecule has 0 saturated carbocycles. The van der Waals surface area contributed by atoms with Gasteiger partial charge in [0.15, 0.2) is 10.0 Å². The van der Waals surface area contributed by atoms with Crippen molar-refractivity contribution in [2.24, 2.45) is 0 Å². The van der Waals surface area contributed by atoms with Crippen LogP contribution in [0.4, 0.5) is 0 Å². The summed E-state index contributed by atoms with van der Waals surface area (Å²) in [6.07, 6.45) is 2.90. The van der Waals surface area contributed by atoms with Crippen LogP contribution in [0.2, 0.25) is 0 Å². The molecule has 0 radical (unpaired) electrons. The minimum absolute atomic E-state index is 0.0335. The number of carboxylic acid groups (broad SMARTS) is 1. The van der Waals surface area contributed by atoms with Crippen LogP contribution in [0, 0.1) is 0 Å². The van der Waals surface area contributed by atoms with Crippen LogP contribution in [0.1, 0.15) is 43.1 Å². The molecule has 1 aromatic heterocycles. The SMILES string of the molecule is CCOC(=O)C(NC1CCNCC1)[C@H]1CCC(=O)N1CCSc1nc(C(=O)O)cs1. The maximum absolute atomic E-state index is 12.7. The lowest BCUT2D eigenvalue weighted by Gasteiger charge is -2.34. The number of piperidine rings is 1. The van der Waals surface area contributed by atoms with Gasteiger partial charge in [0.1, 0.15) is 6.04 Å². The molecular formula is C19H28N4O5S2. The van der Waals surface area contributed by atoms with Crippen molar-refractivity contribution in [1.29, 1.82) is 0 Å². The van der Waals surface area contributed by atoms with Gasteiger partial charge in [-0.25, -0.2) is 9.78 Å². The lowest BCUT2D eigenvalue weighted by molar-refractivity contribution is -0.148. The number of amides is 1. The van der Waals surface area contributed by atoms with Crippen LogP contribution in [0.15, 0.2) is 9.72 Å². The molecule has 0 bridgehead atoms. The number of nitrogens with one attached hydrogen (secondary N) is 2. The maximum Gasteiger partial charge on any atom is 0.355 e. The lowest BCUT2D eigenvalue weighted by Crippen LogP contribution is -2.57. The van der Waals surface area contributed by atoms with Crippen molar-refractivity contribution in [2.45, 2.75) is 55.1 Å². The third-order valence-electron chi connectivity index (χ3n) is 5.31. The summed E-state index contributed by atoms with van der Waals surface area (Å²) in [7, 11) is 0. The zero-order valence-corrected chi connectivity index (χ0v) is 18.6. The number of hydrogen-bond acceptors (Lipinski definition) is 9. The van der Waals surface area contributed by atoms with E-state index in [1.54, 1.807) is 11.8 Å². The molecule has 2 saturated heterocycles. The smallest absolute Gasteiger partial charge is 0.355 e. The van der Waals surface area contributed by atoms with E-state index < -0.39 is 12.0 Å². The fourth-order valence-electron chi connectivity index (χ4n) is 3.86. The number of carbonyl (C=O) groups is 3. The Hall–Kier alpha value is -1.69. The molecule has 11 heteroatoms. The zero-order chi connectivity index (χ0) is 21.5. The monoisotopic (exact) mass is 456 g/mol. The van der Waals surface area contributed by atoms with Gasteiger partial charge >= 0.3 is 11.9 Å². The highest BCUT2D eigenvalue weighted by Gasteiger charge is 2.41. The fraction of sp³-hybridized carbons (Fsp3) is 0.684.